The van der Waals surface area contributed by atoms with Crippen molar-refractivity contribution in [3.8, 4) is 5.75 Å². The fourth-order valence-electron chi connectivity index (χ4n) is 5.23. The van der Waals surface area contributed by atoms with E-state index in [0.29, 0.717) is 25.4 Å². The molecule has 1 fully saturated rings. The van der Waals surface area contributed by atoms with Crippen molar-refractivity contribution in [2.75, 3.05) is 13.2 Å². The second kappa shape index (κ2) is 16.7. The molecule has 1 aliphatic carbocycles. The molecule has 3 rings (SSSR count). The second-order valence-electron chi connectivity index (χ2n) is 10.6. The fraction of sp³-hybridized carbons (Fsp3) is 0.500. The van der Waals surface area contributed by atoms with Gasteiger partial charge in [-0.2, -0.15) is 0 Å². The average Bonchev–Trinajstić information content (AvgIpc) is 2.96. The van der Waals surface area contributed by atoms with Gasteiger partial charge in [0, 0.05) is 6.42 Å². The van der Waals surface area contributed by atoms with E-state index >= 15 is 0 Å². The lowest BCUT2D eigenvalue weighted by molar-refractivity contribution is -0.131. The van der Waals surface area contributed by atoms with Crippen LogP contribution in [0.4, 0.5) is 0 Å². The Morgan fingerprint density at radius 2 is 1.62 bits per heavy atom. The molecule has 7 heteroatoms. The monoisotopic (exact) mass is 536 g/mol. The molecule has 1 saturated carbocycles. The Hall–Kier alpha value is -3.16. The van der Waals surface area contributed by atoms with E-state index in [9.17, 15) is 19.8 Å². The van der Waals surface area contributed by atoms with Gasteiger partial charge in [0.05, 0.1) is 31.2 Å². The van der Waals surface area contributed by atoms with Crippen LogP contribution in [0.1, 0.15) is 62.5 Å². The Kier molecular flexibility index (Phi) is 13.0. The van der Waals surface area contributed by atoms with Gasteiger partial charge in [0.2, 0.25) is 11.8 Å². The predicted octanol–water partition coefficient (Wildman–Crippen LogP) is 4.32. The van der Waals surface area contributed by atoms with Crippen LogP contribution in [0.15, 0.2) is 67.3 Å². The molecule has 0 aliphatic heterocycles. The summed E-state index contributed by atoms with van der Waals surface area (Å²) in [6, 6.07) is 16.8. The zero-order valence-corrected chi connectivity index (χ0v) is 22.9. The minimum absolute atomic E-state index is 0.0117. The molecule has 1 aliphatic rings. The summed E-state index contributed by atoms with van der Waals surface area (Å²) in [6.07, 6.45) is 9.13. The fourth-order valence-corrected chi connectivity index (χ4v) is 5.23. The van der Waals surface area contributed by atoms with E-state index in [4.69, 9.17) is 4.74 Å². The molecule has 4 N–H and O–H groups in total. The van der Waals surface area contributed by atoms with Crippen LogP contribution in [0.5, 0.6) is 5.75 Å². The maximum Gasteiger partial charge on any atom is 0.224 e. The minimum Gasteiger partial charge on any atom is -0.489 e. The molecule has 3 atom stereocenters. The van der Waals surface area contributed by atoms with Crippen molar-refractivity contribution in [3.63, 3.8) is 0 Å². The molecule has 2 aromatic rings. The molecular weight excluding hydrogens is 492 g/mol. The van der Waals surface area contributed by atoms with E-state index in [1.54, 1.807) is 6.08 Å². The largest absolute Gasteiger partial charge is 0.489 e. The molecule has 212 valence electrons. The van der Waals surface area contributed by atoms with Gasteiger partial charge in [0.1, 0.15) is 12.4 Å². The Morgan fingerprint density at radius 1 is 0.923 bits per heavy atom. The molecule has 2 aromatic carbocycles. The van der Waals surface area contributed by atoms with Crippen LogP contribution in [-0.4, -0.2) is 47.3 Å². The Morgan fingerprint density at radius 3 is 2.26 bits per heavy atom. The number of hydrogen-bond donors (Lipinski definition) is 4. The average molecular weight is 537 g/mol. The van der Waals surface area contributed by atoms with Gasteiger partial charge in [0.25, 0.3) is 0 Å². The molecule has 0 saturated heterocycles. The number of ether oxygens (including phenoxy) is 1. The first kappa shape index (κ1) is 30.4. The number of hydrogen-bond acceptors (Lipinski definition) is 5. The first-order valence-corrected chi connectivity index (χ1v) is 14.2. The third kappa shape index (κ3) is 10.9. The lowest BCUT2D eigenvalue weighted by atomic mass is 9.85. The third-order valence-corrected chi connectivity index (χ3v) is 7.40. The Bertz CT molecular complexity index is 1000. The number of rotatable bonds is 16. The van der Waals surface area contributed by atoms with Crippen molar-refractivity contribution in [1.82, 2.24) is 10.6 Å². The predicted molar refractivity (Wildman–Crippen MR) is 153 cm³/mol. The summed E-state index contributed by atoms with van der Waals surface area (Å²) in [5.41, 5.74) is 2.04. The summed E-state index contributed by atoms with van der Waals surface area (Å²) in [4.78, 5) is 25.8. The highest BCUT2D eigenvalue weighted by Crippen LogP contribution is 2.27. The van der Waals surface area contributed by atoms with Crippen LogP contribution in [0.2, 0.25) is 0 Å². The first-order chi connectivity index (χ1) is 19.0. The van der Waals surface area contributed by atoms with Gasteiger partial charge < -0.3 is 25.6 Å². The number of aliphatic hydroxyl groups excluding tert-OH is 2. The molecule has 0 aromatic heterocycles. The number of carbonyl (C=O) groups is 2. The molecular formula is C32H44N2O5. The standard InChI is InChI=1S/C32H44N2O5/c1-2-9-27(32(38)34-29(22-36)18-24-10-5-3-6-11-24)20-31(37)33-28(21-35)19-25-14-16-30(17-15-25)39-23-26-12-7-4-8-13-26/h2,4,7-8,12-17,24,27-29,35-36H,1,3,5-6,9-11,18-23H2,(H,33,37)(H,34,38). The van der Waals surface area contributed by atoms with E-state index < -0.39 is 12.0 Å². The summed E-state index contributed by atoms with van der Waals surface area (Å²) >= 11 is 0. The Balaban J connectivity index is 1.47. The minimum atomic E-state index is -0.580. The quantitative estimate of drug-likeness (QED) is 0.239. The summed E-state index contributed by atoms with van der Waals surface area (Å²) in [6.45, 7) is 3.89. The number of nitrogens with one attached hydrogen (secondary N) is 2. The molecule has 0 heterocycles. The first-order valence-electron chi connectivity index (χ1n) is 14.2. The topological polar surface area (TPSA) is 108 Å². The van der Waals surface area contributed by atoms with E-state index in [1.165, 1.54) is 19.3 Å². The number of benzene rings is 2. The van der Waals surface area contributed by atoms with Gasteiger partial charge in [-0.3, -0.25) is 9.59 Å². The lowest BCUT2D eigenvalue weighted by Gasteiger charge is -2.27. The van der Waals surface area contributed by atoms with Crippen LogP contribution >= 0.6 is 0 Å². The van der Waals surface area contributed by atoms with Crippen molar-refractivity contribution in [2.24, 2.45) is 11.8 Å². The highest BCUT2D eigenvalue weighted by atomic mass is 16.5. The normalized spacial score (nSPS) is 16.1. The summed E-state index contributed by atoms with van der Waals surface area (Å²) in [5, 5.41) is 25.6. The number of aliphatic hydroxyl groups is 2. The van der Waals surface area contributed by atoms with Gasteiger partial charge in [-0.1, -0.05) is 80.6 Å². The van der Waals surface area contributed by atoms with Gasteiger partial charge in [0.15, 0.2) is 0 Å². The van der Waals surface area contributed by atoms with Crippen molar-refractivity contribution in [1.29, 1.82) is 0 Å². The van der Waals surface area contributed by atoms with Crippen LogP contribution in [0.3, 0.4) is 0 Å². The molecule has 7 nitrogen and oxygen atoms in total. The van der Waals surface area contributed by atoms with Crippen molar-refractivity contribution in [3.05, 3.63) is 78.4 Å². The van der Waals surface area contributed by atoms with E-state index in [-0.39, 0.29) is 37.5 Å². The highest BCUT2D eigenvalue weighted by molar-refractivity contribution is 5.86. The Labute approximate surface area is 232 Å². The van der Waals surface area contributed by atoms with Gasteiger partial charge in [-0.25, -0.2) is 0 Å². The van der Waals surface area contributed by atoms with Crippen molar-refractivity contribution >= 4 is 11.8 Å². The maximum atomic E-state index is 13.0. The molecule has 39 heavy (non-hydrogen) atoms. The van der Waals surface area contributed by atoms with E-state index in [0.717, 1.165) is 36.1 Å². The van der Waals surface area contributed by atoms with Crippen molar-refractivity contribution < 1.29 is 24.5 Å². The SMILES string of the molecule is C=CCC(CC(=O)NC(CO)Cc1ccc(OCc2ccccc2)cc1)C(=O)NC(CO)CC1CCCCC1. The smallest absolute Gasteiger partial charge is 0.224 e. The van der Waals surface area contributed by atoms with Gasteiger partial charge in [-0.15, -0.1) is 6.58 Å². The number of carbonyl (C=O) groups excluding carboxylic acids is 2. The number of allylic oxidation sites excluding steroid dienone is 1. The van der Waals surface area contributed by atoms with Crippen LogP contribution in [-0.2, 0) is 22.6 Å². The summed E-state index contributed by atoms with van der Waals surface area (Å²) in [5.74, 6) is 0.142. The van der Waals surface area contributed by atoms with Gasteiger partial charge >= 0.3 is 0 Å². The van der Waals surface area contributed by atoms with Crippen LogP contribution < -0.4 is 15.4 Å². The third-order valence-electron chi connectivity index (χ3n) is 7.40. The lowest BCUT2D eigenvalue weighted by Crippen LogP contribution is -2.45. The molecule has 0 radical (unpaired) electrons. The number of amides is 2. The zero-order chi connectivity index (χ0) is 27.9. The van der Waals surface area contributed by atoms with E-state index in [2.05, 4.69) is 17.2 Å². The highest BCUT2D eigenvalue weighted by Gasteiger charge is 2.26. The van der Waals surface area contributed by atoms with Crippen molar-refractivity contribution in [2.45, 2.75) is 76.5 Å². The van der Waals surface area contributed by atoms with Crippen LogP contribution in [0.25, 0.3) is 0 Å². The van der Waals surface area contributed by atoms with Gasteiger partial charge in [-0.05, 0) is 48.4 Å². The van der Waals surface area contributed by atoms with Crippen LogP contribution in [0, 0.1) is 11.8 Å². The molecule has 2 amide bonds. The summed E-state index contributed by atoms with van der Waals surface area (Å²) in [7, 11) is 0. The maximum absolute atomic E-state index is 13.0. The molecule has 3 unspecified atom stereocenters. The van der Waals surface area contributed by atoms with E-state index in [1.807, 2.05) is 54.6 Å². The molecule has 0 spiro atoms. The zero-order valence-electron chi connectivity index (χ0n) is 22.9. The summed E-state index contributed by atoms with van der Waals surface area (Å²) < 4.78 is 5.83. The second-order valence-corrected chi connectivity index (χ2v) is 10.6. The molecule has 0 bridgehead atoms.